The van der Waals surface area contributed by atoms with Crippen LogP contribution in [-0.4, -0.2) is 34.8 Å². The number of hydrogen-bond donors (Lipinski definition) is 2. The van der Waals surface area contributed by atoms with Gasteiger partial charge in [0.25, 0.3) is 5.91 Å². The molecule has 2 N–H and O–H groups in total. The summed E-state index contributed by atoms with van der Waals surface area (Å²) in [6.07, 6.45) is 2.79. The number of hydrogen-bond acceptors (Lipinski definition) is 3. The van der Waals surface area contributed by atoms with Crippen molar-refractivity contribution in [2.24, 2.45) is 0 Å². The number of benzene rings is 2. The molecule has 1 saturated carbocycles. The van der Waals surface area contributed by atoms with Gasteiger partial charge in [0.2, 0.25) is 5.91 Å². The number of nitrogens with one attached hydrogen (secondary N) is 2. The largest absolute Gasteiger partial charge is 0.325 e. The number of halogens is 1. The van der Waals surface area contributed by atoms with E-state index in [2.05, 4.69) is 22.8 Å². The smallest absolute Gasteiger partial charge is 0.325 e. The Balaban J connectivity index is 1.38. The minimum absolute atomic E-state index is 0.305. The van der Waals surface area contributed by atoms with Crippen LogP contribution in [0.4, 0.5) is 10.5 Å². The Bertz CT molecular complexity index is 922. The van der Waals surface area contributed by atoms with Gasteiger partial charge in [0.15, 0.2) is 0 Å². The number of carbonyl (C=O) groups excluding carboxylic acids is 3. The highest BCUT2D eigenvalue weighted by molar-refractivity contribution is 6.30. The van der Waals surface area contributed by atoms with Gasteiger partial charge in [0.1, 0.15) is 12.1 Å². The van der Waals surface area contributed by atoms with E-state index in [0.717, 1.165) is 17.7 Å². The molecule has 6 nitrogen and oxygen atoms in total. The van der Waals surface area contributed by atoms with Crippen LogP contribution in [0.25, 0.3) is 0 Å². The molecule has 0 bridgehead atoms. The van der Waals surface area contributed by atoms with Gasteiger partial charge in [-0.1, -0.05) is 41.9 Å². The first-order valence-electron chi connectivity index (χ1n) is 9.71. The molecular weight excluding hydrogens is 390 g/mol. The van der Waals surface area contributed by atoms with Gasteiger partial charge in [-0.15, -0.1) is 0 Å². The molecule has 4 amide bonds. The lowest BCUT2D eigenvalue weighted by Crippen LogP contribution is -2.49. The molecule has 0 radical (unpaired) electrons. The summed E-state index contributed by atoms with van der Waals surface area (Å²) in [5, 5.41) is 6.10. The fraction of sp³-hybridized carbons (Fsp3) is 0.318. The van der Waals surface area contributed by atoms with Crippen molar-refractivity contribution in [3.8, 4) is 0 Å². The van der Waals surface area contributed by atoms with Crippen LogP contribution in [0, 0.1) is 0 Å². The van der Waals surface area contributed by atoms with Gasteiger partial charge < -0.3 is 10.6 Å². The van der Waals surface area contributed by atoms with Crippen molar-refractivity contribution >= 4 is 35.1 Å². The van der Waals surface area contributed by atoms with Crippen molar-refractivity contribution in [3.05, 3.63) is 65.2 Å². The van der Waals surface area contributed by atoms with E-state index >= 15 is 0 Å². The molecule has 2 aromatic carbocycles. The van der Waals surface area contributed by atoms with Crippen molar-refractivity contribution in [1.82, 2.24) is 10.2 Å². The van der Waals surface area contributed by atoms with Gasteiger partial charge in [0.05, 0.1) is 0 Å². The molecule has 0 atom stereocenters. The van der Waals surface area contributed by atoms with Gasteiger partial charge in [-0.05, 0) is 61.4 Å². The Labute approximate surface area is 174 Å². The van der Waals surface area contributed by atoms with Crippen LogP contribution in [0.15, 0.2) is 54.6 Å². The summed E-state index contributed by atoms with van der Waals surface area (Å²) >= 11 is 5.84. The Morgan fingerprint density at radius 2 is 1.72 bits per heavy atom. The second-order valence-electron chi connectivity index (χ2n) is 7.64. The molecule has 0 aromatic heterocycles. The molecule has 1 heterocycles. The van der Waals surface area contributed by atoms with E-state index in [-0.39, 0.29) is 12.5 Å². The highest BCUT2D eigenvalue weighted by Gasteiger charge is 2.52. The molecule has 0 unspecified atom stereocenters. The molecule has 1 saturated heterocycles. The van der Waals surface area contributed by atoms with Crippen LogP contribution in [0.5, 0.6) is 0 Å². The van der Waals surface area contributed by atoms with E-state index in [1.807, 2.05) is 18.2 Å². The Morgan fingerprint density at radius 1 is 1.07 bits per heavy atom. The summed E-state index contributed by atoms with van der Waals surface area (Å²) in [4.78, 5) is 38.8. The lowest BCUT2D eigenvalue weighted by Gasteiger charge is -2.35. The monoisotopic (exact) mass is 411 g/mol. The average Bonchev–Trinajstić information content (AvgIpc) is 2.95. The zero-order chi connectivity index (χ0) is 20.4. The number of urea groups is 1. The molecule has 4 rings (SSSR count). The van der Waals surface area contributed by atoms with Crippen molar-refractivity contribution in [3.63, 3.8) is 0 Å². The third kappa shape index (κ3) is 3.98. The van der Waals surface area contributed by atoms with Crippen LogP contribution in [-0.2, 0) is 9.59 Å². The fourth-order valence-corrected chi connectivity index (χ4v) is 4.33. The summed E-state index contributed by atoms with van der Waals surface area (Å²) < 4.78 is 0. The zero-order valence-electron chi connectivity index (χ0n) is 15.9. The third-order valence-corrected chi connectivity index (χ3v) is 6.04. The van der Waals surface area contributed by atoms with Gasteiger partial charge >= 0.3 is 6.03 Å². The molecule has 2 aliphatic rings. The average molecular weight is 412 g/mol. The van der Waals surface area contributed by atoms with E-state index in [9.17, 15) is 14.4 Å². The summed E-state index contributed by atoms with van der Waals surface area (Å²) in [6, 6.07) is 16.4. The Kier molecular flexibility index (Phi) is 5.28. The standard InChI is InChI=1S/C22H22ClN3O3/c23-17-6-8-18(9-7-17)24-19(27)14-26-20(28)22(25-21(26)29)12-10-16(11-13-22)15-4-2-1-3-5-15/h1-9,16H,10-14H2,(H,24,27)(H,25,29). The van der Waals surface area contributed by atoms with Crippen LogP contribution >= 0.6 is 11.6 Å². The Hall–Kier alpha value is -2.86. The van der Waals surface area contributed by atoms with E-state index in [4.69, 9.17) is 11.6 Å². The second-order valence-corrected chi connectivity index (χ2v) is 8.08. The van der Waals surface area contributed by atoms with Crippen LogP contribution < -0.4 is 10.6 Å². The van der Waals surface area contributed by atoms with Crippen LogP contribution in [0.2, 0.25) is 5.02 Å². The minimum atomic E-state index is -0.886. The van der Waals surface area contributed by atoms with Crippen molar-refractivity contribution in [1.29, 1.82) is 0 Å². The van der Waals surface area contributed by atoms with E-state index < -0.39 is 17.5 Å². The van der Waals surface area contributed by atoms with Gasteiger partial charge in [-0.3, -0.25) is 14.5 Å². The summed E-state index contributed by atoms with van der Waals surface area (Å²) in [5.74, 6) is -0.347. The number of rotatable bonds is 4. The van der Waals surface area contributed by atoms with Gasteiger partial charge in [-0.2, -0.15) is 0 Å². The normalized spacial score (nSPS) is 23.9. The number of anilines is 1. The molecule has 1 aliphatic heterocycles. The molecule has 2 fully saturated rings. The second kappa shape index (κ2) is 7.87. The van der Waals surface area contributed by atoms with Gasteiger partial charge in [-0.25, -0.2) is 4.79 Å². The first kappa shape index (κ1) is 19.5. The quantitative estimate of drug-likeness (QED) is 0.748. The van der Waals surface area contributed by atoms with Crippen molar-refractivity contribution < 1.29 is 14.4 Å². The molecule has 1 aliphatic carbocycles. The fourth-order valence-electron chi connectivity index (χ4n) is 4.21. The van der Waals surface area contributed by atoms with Crippen molar-refractivity contribution in [2.75, 3.05) is 11.9 Å². The lowest BCUT2D eigenvalue weighted by molar-refractivity contribution is -0.134. The maximum absolute atomic E-state index is 13.0. The number of carbonyl (C=O) groups is 3. The van der Waals surface area contributed by atoms with Crippen molar-refractivity contribution in [2.45, 2.75) is 37.1 Å². The third-order valence-electron chi connectivity index (χ3n) is 5.79. The topological polar surface area (TPSA) is 78.5 Å². The molecule has 29 heavy (non-hydrogen) atoms. The Morgan fingerprint density at radius 3 is 2.38 bits per heavy atom. The van der Waals surface area contributed by atoms with E-state index in [1.165, 1.54) is 5.56 Å². The molecule has 150 valence electrons. The molecular formula is C22H22ClN3O3. The first-order chi connectivity index (χ1) is 14.0. The SMILES string of the molecule is O=C(CN1C(=O)NC2(CCC(c3ccccc3)CC2)C1=O)Nc1ccc(Cl)cc1. The summed E-state index contributed by atoms with van der Waals surface area (Å²) in [6.45, 7) is -0.308. The maximum Gasteiger partial charge on any atom is 0.325 e. The highest BCUT2D eigenvalue weighted by atomic mass is 35.5. The predicted molar refractivity (Wildman–Crippen MR) is 111 cm³/mol. The molecule has 2 aromatic rings. The number of nitrogens with zero attached hydrogens (tertiary/aromatic N) is 1. The predicted octanol–water partition coefficient (Wildman–Crippen LogP) is 3.93. The van der Waals surface area contributed by atoms with Crippen LogP contribution in [0.3, 0.4) is 0 Å². The molecule has 1 spiro atoms. The first-order valence-corrected chi connectivity index (χ1v) is 10.1. The zero-order valence-corrected chi connectivity index (χ0v) is 16.6. The lowest BCUT2D eigenvalue weighted by atomic mass is 9.74. The molecule has 7 heteroatoms. The highest BCUT2D eigenvalue weighted by Crippen LogP contribution is 2.40. The number of amides is 4. The van der Waals surface area contributed by atoms with E-state index in [0.29, 0.717) is 29.5 Å². The maximum atomic E-state index is 13.0. The minimum Gasteiger partial charge on any atom is -0.325 e. The van der Waals surface area contributed by atoms with Crippen LogP contribution in [0.1, 0.15) is 37.2 Å². The summed E-state index contributed by atoms with van der Waals surface area (Å²) in [5.41, 5.74) is 0.936. The van der Waals surface area contributed by atoms with E-state index in [1.54, 1.807) is 24.3 Å². The number of imide groups is 1. The summed E-state index contributed by atoms with van der Waals surface area (Å²) in [7, 11) is 0. The van der Waals surface area contributed by atoms with Gasteiger partial charge in [0, 0.05) is 10.7 Å².